The Hall–Kier alpha value is -0.910. The van der Waals surface area contributed by atoms with E-state index in [-0.39, 0.29) is 0 Å². The first-order valence-corrected chi connectivity index (χ1v) is 3.01. The molecule has 44 valence electrons. The van der Waals surface area contributed by atoms with Crippen LogP contribution in [0.5, 0.6) is 0 Å². The van der Waals surface area contributed by atoms with Gasteiger partial charge in [-0.15, -0.1) is 0 Å². The van der Waals surface area contributed by atoms with Gasteiger partial charge in [0.1, 0.15) is 15.7 Å². The van der Waals surface area contributed by atoms with Crippen LogP contribution in [-0.2, 0) is 0 Å². The van der Waals surface area contributed by atoms with Crippen LogP contribution in [0.1, 0.15) is 5.56 Å². The Morgan fingerprint density at radius 2 is 1.60 bits per heavy atom. The zero-order valence-corrected chi connectivity index (χ0v) is 5.67. The molecule has 0 unspecified atom stereocenters. The third kappa shape index (κ3) is 1.53. The van der Waals surface area contributed by atoms with Crippen LogP contribution in [0, 0.1) is 0 Å². The molecule has 0 amide bonds. The third-order valence-corrected chi connectivity index (χ3v) is 1.24. The van der Waals surface area contributed by atoms with E-state index in [0.717, 1.165) is 5.56 Å². The van der Waals surface area contributed by atoms with Crippen molar-refractivity contribution in [2.75, 3.05) is 0 Å². The van der Waals surface area contributed by atoms with Gasteiger partial charge in [-0.3, -0.25) is 0 Å². The van der Waals surface area contributed by atoms with E-state index in [9.17, 15) is 0 Å². The van der Waals surface area contributed by atoms with E-state index in [4.69, 9.17) is 15.7 Å². The molecule has 0 aromatic heterocycles. The molecule has 2 heteroatoms. The van der Waals surface area contributed by atoms with Gasteiger partial charge in [0, 0.05) is 0 Å². The average Bonchev–Trinajstić information content (AvgIpc) is 1.85. The Labute approximate surface area is 63.8 Å². The maximum absolute atomic E-state index is 5.51. The maximum Gasteiger partial charge on any atom is 0.113 e. The minimum absolute atomic E-state index is 0.676. The first-order valence-electron chi connectivity index (χ1n) is 3.01. The van der Waals surface area contributed by atoms with Crippen molar-refractivity contribution in [3.8, 4) is 0 Å². The lowest BCUT2D eigenvalue weighted by atomic mass is 9.85. The summed E-state index contributed by atoms with van der Waals surface area (Å²) >= 11 is 0. The van der Waals surface area contributed by atoms with E-state index in [1.54, 1.807) is 12.1 Å². The second-order valence-corrected chi connectivity index (χ2v) is 2.14. The van der Waals surface area contributed by atoms with Crippen LogP contribution in [0.4, 0.5) is 0 Å². The molecule has 0 atom stereocenters. The minimum Gasteiger partial charge on any atom is -0.0985 e. The summed E-state index contributed by atoms with van der Waals surface area (Å²) in [6.07, 6.45) is 1.72. The van der Waals surface area contributed by atoms with Crippen molar-refractivity contribution in [1.29, 1.82) is 0 Å². The Balaban J connectivity index is 3.18. The van der Waals surface area contributed by atoms with Crippen molar-refractivity contribution in [2.24, 2.45) is 0 Å². The molecule has 0 bridgehead atoms. The maximum atomic E-state index is 5.51. The van der Waals surface area contributed by atoms with E-state index in [2.05, 4.69) is 6.58 Å². The number of rotatable bonds is 1. The normalized spacial score (nSPS) is 9.20. The summed E-state index contributed by atoms with van der Waals surface area (Å²) in [5, 5.41) is 0. The molecule has 0 aliphatic carbocycles. The summed E-state index contributed by atoms with van der Waals surface area (Å²) in [6.45, 7) is 3.60. The van der Waals surface area contributed by atoms with Gasteiger partial charge in [0.05, 0.1) is 0 Å². The molecule has 0 spiro atoms. The zero-order valence-electron chi connectivity index (χ0n) is 5.67. The second kappa shape index (κ2) is 2.78. The molecule has 1 rings (SSSR count). The minimum atomic E-state index is 0.676. The first-order chi connectivity index (χ1) is 4.72. The zero-order chi connectivity index (χ0) is 7.56. The molecule has 4 radical (unpaired) electrons. The molecular formula is C8H6B2. The number of hydrogen-bond donors (Lipinski definition) is 0. The Morgan fingerprint density at radius 1 is 1.10 bits per heavy atom. The van der Waals surface area contributed by atoms with E-state index < -0.39 is 0 Å². The molecule has 1 aromatic rings. The highest BCUT2D eigenvalue weighted by Gasteiger charge is 1.88. The van der Waals surface area contributed by atoms with Crippen molar-refractivity contribution in [3.05, 3.63) is 30.3 Å². The molecule has 0 aliphatic heterocycles. The summed E-state index contributed by atoms with van der Waals surface area (Å²) in [4.78, 5) is 0. The molecule has 0 aliphatic rings. The molecule has 0 heterocycles. The van der Waals surface area contributed by atoms with Crippen molar-refractivity contribution in [3.63, 3.8) is 0 Å². The highest BCUT2D eigenvalue weighted by Crippen LogP contribution is 1.93. The van der Waals surface area contributed by atoms with E-state index >= 15 is 0 Å². The molecule has 0 nitrogen and oxygen atoms in total. The van der Waals surface area contributed by atoms with Gasteiger partial charge < -0.3 is 0 Å². The van der Waals surface area contributed by atoms with Gasteiger partial charge in [0.25, 0.3) is 0 Å². The van der Waals surface area contributed by atoms with Crippen LogP contribution < -0.4 is 10.9 Å². The third-order valence-electron chi connectivity index (χ3n) is 1.24. The van der Waals surface area contributed by atoms with Crippen LogP contribution >= 0.6 is 0 Å². The lowest BCUT2D eigenvalue weighted by molar-refractivity contribution is 1.77. The van der Waals surface area contributed by atoms with Crippen molar-refractivity contribution in [2.45, 2.75) is 0 Å². The van der Waals surface area contributed by atoms with Crippen molar-refractivity contribution in [1.82, 2.24) is 0 Å². The van der Waals surface area contributed by atoms with Gasteiger partial charge in [0.2, 0.25) is 0 Å². The summed E-state index contributed by atoms with van der Waals surface area (Å²) in [5.74, 6) is 0. The van der Waals surface area contributed by atoms with Gasteiger partial charge in [-0.1, -0.05) is 41.8 Å². The van der Waals surface area contributed by atoms with Gasteiger partial charge >= 0.3 is 0 Å². The second-order valence-electron chi connectivity index (χ2n) is 2.14. The van der Waals surface area contributed by atoms with Crippen LogP contribution in [0.15, 0.2) is 24.8 Å². The fraction of sp³-hybridized carbons (Fsp3) is 0. The Bertz CT molecular complexity index is 233. The van der Waals surface area contributed by atoms with Crippen LogP contribution in [0.3, 0.4) is 0 Å². The highest BCUT2D eigenvalue weighted by atomic mass is 13.9. The van der Waals surface area contributed by atoms with Gasteiger partial charge in [0.15, 0.2) is 0 Å². The number of hydrogen-bond acceptors (Lipinski definition) is 0. The van der Waals surface area contributed by atoms with Gasteiger partial charge in [-0.05, 0) is 5.56 Å². The summed E-state index contributed by atoms with van der Waals surface area (Å²) < 4.78 is 0. The van der Waals surface area contributed by atoms with E-state index in [1.807, 2.05) is 12.1 Å². The van der Waals surface area contributed by atoms with Crippen LogP contribution in [0.25, 0.3) is 6.08 Å². The molecule has 0 saturated heterocycles. The smallest absolute Gasteiger partial charge is 0.0985 e. The van der Waals surface area contributed by atoms with Gasteiger partial charge in [-0.2, -0.15) is 0 Å². The SMILES string of the molecule is [B]c1cc([B])cc(C=C)c1. The monoisotopic (exact) mass is 124 g/mol. The van der Waals surface area contributed by atoms with Gasteiger partial charge in [-0.25, -0.2) is 0 Å². The average molecular weight is 124 g/mol. The fourth-order valence-corrected chi connectivity index (χ4v) is 0.820. The van der Waals surface area contributed by atoms with Crippen LogP contribution in [-0.4, -0.2) is 15.7 Å². The predicted octanol–water partition coefficient (Wildman–Crippen LogP) is -0.0828. The molecule has 1 aromatic carbocycles. The standard InChI is InChI=1S/C8H6B2/c1-2-6-3-7(9)5-8(10)4-6/h2-5H,1H2. The largest absolute Gasteiger partial charge is 0.113 e. The molecule has 0 saturated carbocycles. The quantitative estimate of drug-likeness (QED) is 0.459. The molecular weight excluding hydrogens is 118 g/mol. The molecule has 0 N–H and O–H groups in total. The topological polar surface area (TPSA) is 0 Å². The van der Waals surface area contributed by atoms with E-state index in [1.165, 1.54) is 0 Å². The highest BCUT2D eigenvalue weighted by molar-refractivity contribution is 6.38. The summed E-state index contributed by atoms with van der Waals surface area (Å²) in [5.41, 5.74) is 2.31. The van der Waals surface area contributed by atoms with Crippen molar-refractivity contribution < 1.29 is 0 Å². The lowest BCUT2D eigenvalue weighted by Crippen LogP contribution is -2.13. The predicted molar refractivity (Wildman–Crippen MR) is 47.3 cm³/mol. The summed E-state index contributed by atoms with van der Waals surface area (Å²) in [6, 6.07) is 5.36. The fourth-order valence-electron chi connectivity index (χ4n) is 0.820. The number of benzene rings is 1. The molecule has 10 heavy (non-hydrogen) atoms. The first kappa shape index (κ1) is 7.20. The van der Waals surface area contributed by atoms with E-state index in [0.29, 0.717) is 10.9 Å². The Morgan fingerprint density at radius 3 is 2.00 bits per heavy atom. The lowest BCUT2D eigenvalue weighted by Gasteiger charge is -1.98. The summed E-state index contributed by atoms with van der Waals surface area (Å²) in [7, 11) is 11.0. The van der Waals surface area contributed by atoms with Crippen molar-refractivity contribution >= 4 is 32.7 Å². The van der Waals surface area contributed by atoms with Crippen LogP contribution in [0.2, 0.25) is 0 Å². The Kier molecular flexibility index (Phi) is 2.00. The molecule has 0 fully saturated rings.